The Balaban J connectivity index is 1.22. The Morgan fingerprint density at radius 1 is 1.18 bits per heavy atom. The highest BCUT2D eigenvalue weighted by Crippen LogP contribution is 2.32. The maximum atomic E-state index is 12.9. The highest BCUT2D eigenvalue weighted by atomic mass is 35.5. The summed E-state index contributed by atoms with van der Waals surface area (Å²) in [7, 11) is 0. The van der Waals surface area contributed by atoms with Crippen LogP contribution < -0.4 is 14.8 Å². The number of nitrogens with zero attached hydrogens (tertiary/aromatic N) is 2. The summed E-state index contributed by atoms with van der Waals surface area (Å²) in [5, 5.41) is 2.93. The van der Waals surface area contributed by atoms with Gasteiger partial charge in [0.2, 0.25) is 5.91 Å². The molecule has 12 heteroatoms. The lowest BCUT2D eigenvalue weighted by molar-refractivity contribution is -0.274. The molecule has 0 saturated carbocycles. The molecule has 33 heavy (non-hydrogen) atoms. The molecule has 1 N–H and O–H groups in total. The second-order valence-corrected chi connectivity index (χ2v) is 8.83. The minimum atomic E-state index is -4.79. The van der Waals surface area contributed by atoms with Crippen LogP contribution >= 0.6 is 11.6 Å². The molecule has 0 aliphatic carbocycles. The Morgan fingerprint density at radius 3 is 2.61 bits per heavy atom. The maximum absolute atomic E-state index is 12.9. The highest BCUT2D eigenvalue weighted by Gasteiger charge is 2.38. The zero-order valence-electron chi connectivity index (χ0n) is 17.8. The van der Waals surface area contributed by atoms with Crippen molar-refractivity contribution in [1.29, 1.82) is 0 Å². The smallest absolute Gasteiger partial charge is 0.492 e. The Morgan fingerprint density at radius 2 is 1.91 bits per heavy atom. The van der Waals surface area contributed by atoms with Crippen LogP contribution in [0.15, 0.2) is 18.2 Å². The van der Waals surface area contributed by atoms with E-state index in [1.54, 1.807) is 9.80 Å². The van der Waals surface area contributed by atoms with Crippen molar-refractivity contribution in [2.24, 2.45) is 5.92 Å². The monoisotopic (exact) mass is 491 g/mol. The fraction of sp³-hybridized carbons (Fsp3) is 0.619. The van der Waals surface area contributed by atoms with E-state index in [0.717, 1.165) is 25.0 Å². The number of benzene rings is 1. The van der Waals surface area contributed by atoms with E-state index in [1.807, 2.05) is 0 Å². The number of rotatable bonds is 4. The van der Waals surface area contributed by atoms with Gasteiger partial charge < -0.3 is 29.3 Å². The van der Waals surface area contributed by atoms with Crippen molar-refractivity contribution >= 4 is 23.5 Å². The van der Waals surface area contributed by atoms with Gasteiger partial charge in [-0.05, 0) is 37.3 Å². The number of carbonyl (C=O) groups is 2. The second kappa shape index (κ2) is 9.84. The summed E-state index contributed by atoms with van der Waals surface area (Å²) in [6.45, 7) is 2.59. The second-order valence-electron chi connectivity index (χ2n) is 8.42. The first-order valence-corrected chi connectivity index (χ1v) is 11.2. The number of halogens is 4. The van der Waals surface area contributed by atoms with Crippen molar-refractivity contribution in [1.82, 2.24) is 15.1 Å². The molecule has 0 spiro atoms. The molecule has 1 aromatic carbocycles. The Labute approximate surface area is 193 Å². The van der Waals surface area contributed by atoms with Crippen LogP contribution in [0.4, 0.5) is 18.0 Å². The Bertz CT molecular complexity index is 879. The van der Waals surface area contributed by atoms with Crippen LogP contribution in [-0.4, -0.2) is 79.6 Å². The fourth-order valence-electron chi connectivity index (χ4n) is 4.37. The third-order valence-electron chi connectivity index (χ3n) is 6.09. The van der Waals surface area contributed by atoms with Gasteiger partial charge in [0.25, 0.3) is 0 Å². The van der Waals surface area contributed by atoms with Crippen LogP contribution in [-0.2, 0) is 9.53 Å². The predicted molar refractivity (Wildman–Crippen MR) is 111 cm³/mol. The van der Waals surface area contributed by atoms with Gasteiger partial charge in [-0.1, -0.05) is 11.6 Å². The number of urea groups is 1. The third kappa shape index (κ3) is 6.14. The lowest BCUT2D eigenvalue weighted by atomic mass is 9.97. The van der Waals surface area contributed by atoms with Gasteiger partial charge in [-0.25, -0.2) is 4.79 Å². The highest BCUT2D eigenvalue weighted by molar-refractivity contribution is 6.32. The number of piperidine rings is 2. The number of amides is 3. The molecule has 3 amide bonds. The van der Waals surface area contributed by atoms with E-state index in [4.69, 9.17) is 21.1 Å². The summed E-state index contributed by atoms with van der Waals surface area (Å²) in [6, 6.07) is 3.34. The number of likely N-dealkylation sites (tertiary alicyclic amines) is 2. The van der Waals surface area contributed by atoms with Gasteiger partial charge in [0.1, 0.15) is 18.1 Å². The molecule has 8 nitrogen and oxygen atoms in total. The summed E-state index contributed by atoms with van der Waals surface area (Å²) in [5.74, 6) is -0.0960. The van der Waals surface area contributed by atoms with Crippen LogP contribution in [0, 0.1) is 5.92 Å². The van der Waals surface area contributed by atoms with E-state index in [-0.39, 0.29) is 47.4 Å². The van der Waals surface area contributed by atoms with Crippen molar-refractivity contribution in [3.63, 3.8) is 0 Å². The number of fused-ring (bicyclic) bond motifs is 1. The zero-order valence-corrected chi connectivity index (χ0v) is 18.5. The minimum Gasteiger partial charge on any atom is -0.492 e. The number of morpholine rings is 1. The van der Waals surface area contributed by atoms with Gasteiger partial charge in [-0.2, -0.15) is 0 Å². The average Bonchev–Trinajstić information content (AvgIpc) is 2.77. The molecule has 0 aromatic heterocycles. The normalized spacial score (nSPS) is 24.2. The van der Waals surface area contributed by atoms with Crippen LogP contribution in [0.3, 0.4) is 0 Å². The van der Waals surface area contributed by atoms with Crippen LogP contribution in [0.1, 0.15) is 19.3 Å². The third-order valence-corrected chi connectivity index (χ3v) is 6.39. The lowest BCUT2D eigenvalue weighted by Crippen LogP contribution is -2.62. The summed E-state index contributed by atoms with van der Waals surface area (Å²) >= 11 is 6.02. The molecule has 182 valence electrons. The number of carbonyl (C=O) groups excluding carboxylic acids is 2. The molecule has 2 atom stereocenters. The zero-order chi connectivity index (χ0) is 23.6. The molecule has 3 fully saturated rings. The number of hydrogen-bond donors (Lipinski definition) is 1. The predicted octanol–water partition coefficient (Wildman–Crippen LogP) is 3.04. The average molecular weight is 492 g/mol. The summed E-state index contributed by atoms with van der Waals surface area (Å²) < 4.78 is 52.0. The van der Waals surface area contributed by atoms with Crippen LogP contribution in [0.5, 0.6) is 11.5 Å². The van der Waals surface area contributed by atoms with Crippen molar-refractivity contribution in [2.45, 2.75) is 37.8 Å². The fourth-order valence-corrected chi connectivity index (χ4v) is 4.59. The standard InChI is InChI=1S/C21H25ClF3N3O5/c22-15-9-14(33-21(23,24)25)1-2-17(15)31-11-13-3-6-27(7-4-13)20(30)28-8-5-18-16(10-28)26-19(29)12-32-18/h1-2,9,13,16,18H,3-8,10-12H2,(H,26,29)/t16-,18+/m0/s1. The van der Waals surface area contributed by atoms with E-state index in [0.29, 0.717) is 39.2 Å². The molecule has 3 aliphatic heterocycles. The number of alkyl halides is 3. The largest absolute Gasteiger partial charge is 0.573 e. The minimum absolute atomic E-state index is 0.0338. The summed E-state index contributed by atoms with van der Waals surface area (Å²) in [4.78, 5) is 28.1. The van der Waals surface area contributed by atoms with Gasteiger partial charge >= 0.3 is 12.4 Å². The Hall–Kier alpha value is -2.40. The molecular formula is C21H25ClF3N3O5. The molecular weight excluding hydrogens is 467 g/mol. The molecule has 4 rings (SSSR count). The van der Waals surface area contributed by atoms with Crippen LogP contribution in [0.25, 0.3) is 0 Å². The number of nitrogens with one attached hydrogen (secondary N) is 1. The quantitative estimate of drug-likeness (QED) is 0.700. The van der Waals surface area contributed by atoms with Crippen LogP contribution in [0.2, 0.25) is 5.02 Å². The SMILES string of the molecule is O=C1CO[C@@H]2CCN(C(=O)N3CCC(COc4ccc(OC(F)(F)F)cc4Cl)CC3)C[C@@H]2N1. The molecule has 0 unspecified atom stereocenters. The molecule has 0 radical (unpaired) electrons. The molecule has 1 aromatic rings. The van der Waals surface area contributed by atoms with E-state index in [2.05, 4.69) is 10.1 Å². The number of ether oxygens (including phenoxy) is 3. The van der Waals surface area contributed by atoms with Gasteiger partial charge in [-0.3, -0.25) is 4.79 Å². The summed E-state index contributed by atoms with van der Waals surface area (Å²) in [5.41, 5.74) is 0. The molecule has 3 aliphatic rings. The van der Waals surface area contributed by atoms with E-state index >= 15 is 0 Å². The lowest BCUT2D eigenvalue weighted by Gasteiger charge is -2.43. The Kier molecular flexibility index (Phi) is 7.08. The van der Waals surface area contributed by atoms with Crippen molar-refractivity contribution in [3.8, 4) is 11.5 Å². The molecule has 3 heterocycles. The van der Waals surface area contributed by atoms with Gasteiger partial charge in [0.05, 0.1) is 23.8 Å². The number of hydrogen-bond acceptors (Lipinski definition) is 5. The van der Waals surface area contributed by atoms with Gasteiger partial charge in [-0.15, -0.1) is 13.2 Å². The van der Waals surface area contributed by atoms with E-state index in [1.165, 1.54) is 6.07 Å². The topological polar surface area (TPSA) is 80.3 Å². The first-order valence-electron chi connectivity index (χ1n) is 10.8. The van der Waals surface area contributed by atoms with Gasteiger partial charge in [0, 0.05) is 32.2 Å². The van der Waals surface area contributed by atoms with E-state index in [9.17, 15) is 22.8 Å². The summed E-state index contributed by atoms with van der Waals surface area (Å²) in [6.07, 6.45) is -2.67. The molecule has 3 saturated heterocycles. The van der Waals surface area contributed by atoms with Gasteiger partial charge in [0.15, 0.2) is 0 Å². The van der Waals surface area contributed by atoms with E-state index < -0.39 is 12.1 Å². The maximum Gasteiger partial charge on any atom is 0.573 e. The molecule has 0 bridgehead atoms. The van der Waals surface area contributed by atoms with Crippen molar-refractivity contribution < 1.29 is 37.0 Å². The van der Waals surface area contributed by atoms with Crippen molar-refractivity contribution in [3.05, 3.63) is 23.2 Å². The first kappa shape index (κ1) is 23.7. The van der Waals surface area contributed by atoms with Crippen molar-refractivity contribution in [2.75, 3.05) is 39.4 Å². The first-order chi connectivity index (χ1) is 15.7.